The number of hydrogen-bond donors (Lipinski definition) is 4. The third-order valence-corrected chi connectivity index (χ3v) is 11.4. The van der Waals surface area contributed by atoms with Crippen molar-refractivity contribution in [2.24, 2.45) is 0 Å². The van der Waals surface area contributed by atoms with Crippen LogP contribution in [0.3, 0.4) is 0 Å². The van der Waals surface area contributed by atoms with Gasteiger partial charge in [-0.2, -0.15) is 0 Å². The van der Waals surface area contributed by atoms with Gasteiger partial charge in [-0.05, 0) is 149 Å². The molecule has 0 saturated carbocycles. The van der Waals surface area contributed by atoms with Crippen LogP contribution in [0.25, 0.3) is 20.9 Å². The largest absolute Gasteiger partial charge is 0.478 e. The number of esters is 2. The lowest BCUT2D eigenvalue weighted by Gasteiger charge is -2.12. The van der Waals surface area contributed by atoms with Crippen molar-refractivity contribution in [3.63, 3.8) is 0 Å². The van der Waals surface area contributed by atoms with E-state index >= 15 is 0 Å². The van der Waals surface area contributed by atoms with E-state index < -0.39 is 17.9 Å². The molecule has 64 heavy (non-hydrogen) atoms. The summed E-state index contributed by atoms with van der Waals surface area (Å²) in [5.41, 5.74) is 6.64. The van der Waals surface area contributed by atoms with Gasteiger partial charge in [-0.15, -0.1) is 22.7 Å². The lowest BCUT2D eigenvalue weighted by Crippen LogP contribution is -2.05. The first kappa shape index (κ1) is 46.3. The first-order valence-electron chi connectivity index (χ1n) is 19.0. The lowest BCUT2D eigenvalue weighted by molar-refractivity contribution is 0.0593. The Morgan fingerprint density at radius 3 is 1.22 bits per heavy atom. The van der Waals surface area contributed by atoms with Crippen molar-refractivity contribution in [1.29, 1.82) is 0 Å². The minimum atomic E-state index is -1.01. The maximum atomic E-state index is 13.0. The van der Waals surface area contributed by atoms with Gasteiger partial charge in [-0.25, -0.2) is 27.6 Å². The second kappa shape index (κ2) is 22.2. The molecular weight excluding hydrogens is 928 g/mol. The fourth-order valence-electron chi connectivity index (χ4n) is 5.94. The molecule has 8 aromatic rings. The molecule has 2 aromatic heterocycles. The standard InChI is InChI=1S/C18H14FNO2S.C17H12FNO2S.C14H11BrFNO2/c1-22-18(21)15-9-4-12(17-3-2-10-23-17)11-16(15)20-14-7-5-13(19)6-8-14;18-12-4-6-13(7-5-12)19-15-10-11(16-2-1-9-22-16)3-8-14(15)17(20)21;1-19-14(18)12-7-2-9(15)8-13(12)17-11-5-3-10(16)4-6-11/h2-11,20H,1H3;1-10,19H,(H,20,21);2-8,17H,1H3. The van der Waals surface area contributed by atoms with Gasteiger partial charge in [0.25, 0.3) is 0 Å². The number of carboxylic acid groups (broad SMARTS) is 1. The first-order valence-corrected chi connectivity index (χ1v) is 21.6. The number of hydrogen-bond acceptors (Lipinski definition) is 10. The minimum absolute atomic E-state index is 0.171. The average molecular weight is 965 g/mol. The second-order valence-electron chi connectivity index (χ2n) is 13.3. The van der Waals surface area contributed by atoms with Gasteiger partial charge < -0.3 is 30.5 Å². The highest BCUT2D eigenvalue weighted by atomic mass is 79.9. The van der Waals surface area contributed by atoms with Gasteiger partial charge >= 0.3 is 17.9 Å². The Morgan fingerprint density at radius 1 is 0.500 bits per heavy atom. The molecule has 0 amide bonds. The van der Waals surface area contributed by atoms with Crippen LogP contribution >= 0.6 is 38.6 Å². The van der Waals surface area contributed by atoms with Crippen molar-refractivity contribution in [3.05, 3.63) is 201 Å². The molecule has 0 unspecified atom stereocenters. The molecular formula is C49H37BrF3N3O6S2. The third kappa shape index (κ3) is 12.7. The molecule has 6 aromatic carbocycles. The van der Waals surface area contributed by atoms with Crippen LogP contribution in [0.1, 0.15) is 31.1 Å². The predicted octanol–water partition coefficient (Wildman–Crippen LogP) is 14.2. The molecule has 0 fully saturated rings. The number of methoxy groups -OCH3 is 2. The molecule has 9 nitrogen and oxygen atoms in total. The molecule has 15 heteroatoms. The Morgan fingerprint density at radius 2 is 0.859 bits per heavy atom. The van der Waals surface area contributed by atoms with Crippen molar-refractivity contribution in [3.8, 4) is 20.9 Å². The number of carbonyl (C=O) groups is 3. The van der Waals surface area contributed by atoms with Crippen molar-refractivity contribution in [2.45, 2.75) is 0 Å². The SMILES string of the molecule is COC(=O)c1ccc(-c2cccs2)cc1Nc1ccc(F)cc1.COC(=O)c1ccc(Br)cc1Nc1ccc(F)cc1.O=C(O)c1ccc(-c2cccs2)cc1Nc1ccc(F)cc1. The maximum absolute atomic E-state index is 13.0. The topological polar surface area (TPSA) is 126 Å². The molecule has 8 rings (SSSR count). The van der Waals surface area contributed by atoms with Crippen LogP contribution < -0.4 is 16.0 Å². The summed E-state index contributed by atoms with van der Waals surface area (Å²) in [6.07, 6.45) is 0. The number of halogens is 4. The van der Waals surface area contributed by atoms with Crippen LogP contribution in [-0.4, -0.2) is 37.2 Å². The monoisotopic (exact) mass is 963 g/mol. The molecule has 324 valence electrons. The summed E-state index contributed by atoms with van der Waals surface area (Å²) in [4.78, 5) is 37.1. The van der Waals surface area contributed by atoms with Crippen LogP contribution in [0.15, 0.2) is 167 Å². The van der Waals surface area contributed by atoms with Crippen LogP contribution in [0, 0.1) is 17.5 Å². The van der Waals surface area contributed by atoms with Crippen LogP contribution in [0.2, 0.25) is 0 Å². The smallest absolute Gasteiger partial charge is 0.339 e. The molecule has 4 N–H and O–H groups in total. The van der Waals surface area contributed by atoms with E-state index in [9.17, 15) is 32.7 Å². The fraction of sp³-hybridized carbons (Fsp3) is 0.0408. The number of benzene rings is 6. The molecule has 2 heterocycles. The summed E-state index contributed by atoms with van der Waals surface area (Å²) in [6.45, 7) is 0. The molecule has 0 aliphatic heterocycles. The van der Waals surface area contributed by atoms with E-state index in [4.69, 9.17) is 9.47 Å². The zero-order valence-electron chi connectivity index (χ0n) is 33.9. The van der Waals surface area contributed by atoms with Crippen molar-refractivity contribution >= 4 is 90.6 Å². The van der Waals surface area contributed by atoms with Gasteiger partial charge in [0.1, 0.15) is 17.5 Å². The number of rotatable bonds is 11. The zero-order chi connectivity index (χ0) is 45.6. The number of anilines is 6. The van der Waals surface area contributed by atoms with E-state index in [1.165, 1.54) is 50.6 Å². The molecule has 0 aliphatic carbocycles. The van der Waals surface area contributed by atoms with Gasteiger partial charge in [0.15, 0.2) is 0 Å². The van der Waals surface area contributed by atoms with Gasteiger partial charge in [-0.3, -0.25) is 0 Å². The summed E-state index contributed by atoms with van der Waals surface area (Å²) in [5.74, 6) is -2.83. The van der Waals surface area contributed by atoms with E-state index in [0.717, 1.165) is 25.4 Å². The number of carboxylic acids is 1. The highest BCUT2D eigenvalue weighted by molar-refractivity contribution is 9.10. The summed E-state index contributed by atoms with van der Waals surface area (Å²) in [7, 11) is 2.67. The molecule has 0 saturated heterocycles. The van der Waals surface area contributed by atoms with Crippen LogP contribution in [0.4, 0.5) is 47.3 Å². The summed E-state index contributed by atoms with van der Waals surface area (Å²) >= 11 is 6.54. The number of ether oxygens (including phenoxy) is 2. The molecule has 0 aliphatic rings. The zero-order valence-corrected chi connectivity index (χ0v) is 37.1. The second-order valence-corrected chi connectivity index (χ2v) is 16.2. The molecule has 0 radical (unpaired) electrons. The first-order chi connectivity index (χ1) is 30.9. The van der Waals surface area contributed by atoms with Crippen molar-refractivity contribution < 1.29 is 42.1 Å². The highest BCUT2D eigenvalue weighted by Gasteiger charge is 2.16. The highest BCUT2D eigenvalue weighted by Crippen LogP contribution is 2.33. The number of nitrogens with one attached hydrogen (secondary N) is 3. The van der Waals surface area contributed by atoms with Gasteiger partial charge in [0.05, 0.1) is 48.0 Å². The Labute approximate surface area is 382 Å². The summed E-state index contributed by atoms with van der Waals surface area (Å²) < 4.78 is 49.2. The Kier molecular flexibility index (Phi) is 16.1. The Bertz CT molecular complexity index is 2830. The van der Waals surface area contributed by atoms with Crippen molar-refractivity contribution in [2.75, 3.05) is 30.2 Å². The Balaban J connectivity index is 0.000000160. The average Bonchev–Trinajstić information content (AvgIpc) is 4.05. The lowest BCUT2D eigenvalue weighted by atomic mass is 10.1. The van der Waals surface area contributed by atoms with E-state index in [-0.39, 0.29) is 23.0 Å². The van der Waals surface area contributed by atoms with E-state index in [0.29, 0.717) is 45.3 Å². The number of carbonyl (C=O) groups excluding carboxylic acids is 2. The number of thiophene rings is 2. The quantitative estimate of drug-likeness (QED) is 0.0938. The molecule has 0 atom stereocenters. The minimum Gasteiger partial charge on any atom is -0.478 e. The van der Waals surface area contributed by atoms with Crippen molar-refractivity contribution in [1.82, 2.24) is 0 Å². The summed E-state index contributed by atoms with van der Waals surface area (Å²) in [5, 5.41) is 22.5. The van der Waals surface area contributed by atoms with Gasteiger partial charge in [0.2, 0.25) is 0 Å². The van der Waals surface area contributed by atoms with E-state index in [2.05, 4.69) is 31.9 Å². The molecule has 0 bridgehead atoms. The molecule has 0 spiro atoms. The van der Waals surface area contributed by atoms with Gasteiger partial charge in [0, 0.05) is 31.3 Å². The fourth-order valence-corrected chi connectivity index (χ4v) is 7.74. The van der Waals surface area contributed by atoms with E-state index in [1.807, 2.05) is 47.2 Å². The normalized spacial score (nSPS) is 10.3. The maximum Gasteiger partial charge on any atom is 0.339 e. The third-order valence-electron chi connectivity index (χ3n) is 9.04. The Hall–Kier alpha value is -7.20. The van der Waals surface area contributed by atoms with Gasteiger partial charge in [-0.1, -0.05) is 40.2 Å². The summed E-state index contributed by atoms with van der Waals surface area (Å²) in [6, 6.07) is 41.4. The van der Waals surface area contributed by atoms with Crippen LogP contribution in [0.5, 0.6) is 0 Å². The van der Waals surface area contributed by atoms with Crippen LogP contribution in [-0.2, 0) is 9.47 Å². The number of aromatic carboxylic acids is 1. The van der Waals surface area contributed by atoms with E-state index in [1.54, 1.807) is 102 Å². The predicted molar refractivity (Wildman–Crippen MR) is 252 cm³/mol.